The van der Waals surface area contributed by atoms with Crippen LogP contribution in [-0.2, 0) is 11.3 Å². The first-order valence-corrected chi connectivity index (χ1v) is 7.22. The maximum atomic E-state index is 13.0. The number of ether oxygens (including phenoxy) is 1. The van der Waals surface area contributed by atoms with Crippen LogP contribution in [0, 0.1) is 5.82 Å². The number of benzene rings is 2. The molecule has 2 N–H and O–H groups in total. The number of halogens is 1. The van der Waals surface area contributed by atoms with Crippen molar-refractivity contribution in [2.45, 2.75) is 6.54 Å². The van der Waals surface area contributed by atoms with Crippen LogP contribution in [0.2, 0.25) is 0 Å². The number of amides is 1. The van der Waals surface area contributed by atoms with E-state index < -0.39 is 0 Å². The van der Waals surface area contributed by atoms with Gasteiger partial charge in [0.25, 0.3) is 0 Å². The number of carbonyl (C=O) groups excluding carboxylic acids is 1. The lowest BCUT2D eigenvalue weighted by molar-refractivity contribution is -0.438. The molecule has 3 rings (SSSR count). The lowest BCUT2D eigenvalue weighted by Gasteiger charge is -2.13. The van der Waals surface area contributed by atoms with Gasteiger partial charge in [-0.15, -0.1) is 0 Å². The third-order valence-electron chi connectivity index (χ3n) is 3.56. The SMILES string of the molecule is COc1cccc(NC2=[NH+]CC(=O)N2Cc2ccc(F)cc2)c1. The normalized spacial score (nSPS) is 13.9. The number of carbonyl (C=O) groups is 1. The first kappa shape index (κ1) is 15.0. The van der Waals surface area contributed by atoms with Gasteiger partial charge < -0.3 is 4.74 Å². The minimum atomic E-state index is -0.293. The summed E-state index contributed by atoms with van der Waals surface area (Å²) in [6, 6.07) is 13.6. The highest BCUT2D eigenvalue weighted by atomic mass is 19.1. The van der Waals surface area contributed by atoms with Crippen LogP contribution in [0.3, 0.4) is 0 Å². The minimum Gasteiger partial charge on any atom is -0.497 e. The van der Waals surface area contributed by atoms with Gasteiger partial charge in [0.1, 0.15) is 23.8 Å². The van der Waals surface area contributed by atoms with E-state index in [1.807, 2.05) is 24.3 Å². The Morgan fingerprint density at radius 3 is 2.78 bits per heavy atom. The summed E-state index contributed by atoms with van der Waals surface area (Å²) in [5.74, 6) is 0.996. The predicted molar refractivity (Wildman–Crippen MR) is 84.4 cm³/mol. The molecule has 1 amide bonds. The quantitative estimate of drug-likeness (QED) is 0.875. The van der Waals surface area contributed by atoms with Crippen molar-refractivity contribution in [1.82, 2.24) is 4.90 Å². The second-order valence-electron chi connectivity index (χ2n) is 5.17. The summed E-state index contributed by atoms with van der Waals surface area (Å²) in [5, 5.41) is 3.18. The average Bonchev–Trinajstić information content (AvgIpc) is 2.90. The van der Waals surface area contributed by atoms with Gasteiger partial charge >= 0.3 is 11.9 Å². The molecule has 23 heavy (non-hydrogen) atoms. The van der Waals surface area contributed by atoms with Crippen LogP contribution in [0.1, 0.15) is 5.56 Å². The first-order valence-electron chi connectivity index (χ1n) is 7.22. The number of anilines is 1. The third kappa shape index (κ3) is 3.48. The van der Waals surface area contributed by atoms with E-state index in [9.17, 15) is 9.18 Å². The summed E-state index contributed by atoms with van der Waals surface area (Å²) < 4.78 is 18.2. The topological polar surface area (TPSA) is 55.5 Å². The molecule has 1 aliphatic heterocycles. The van der Waals surface area contributed by atoms with E-state index in [1.165, 1.54) is 12.1 Å². The number of hydrogen-bond donors (Lipinski definition) is 2. The molecule has 0 fully saturated rings. The lowest BCUT2D eigenvalue weighted by Crippen LogP contribution is -2.72. The molecule has 0 atom stereocenters. The maximum absolute atomic E-state index is 13.0. The summed E-state index contributed by atoms with van der Waals surface area (Å²) in [5.41, 5.74) is 1.67. The first-order chi connectivity index (χ1) is 11.2. The van der Waals surface area contributed by atoms with Crippen LogP contribution in [0.15, 0.2) is 48.5 Å². The van der Waals surface area contributed by atoms with E-state index in [-0.39, 0.29) is 18.3 Å². The monoisotopic (exact) mass is 314 g/mol. The van der Waals surface area contributed by atoms with E-state index in [4.69, 9.17) is 4.74 Å². The number of hydrogen-bond acceptors (Lipinski definition) is 3. The van der Waals surface area contributed by atoms with E-state index in [0.717, 1.165) is 17.0 Å². The molecule has 6 heteroatoms. The Hall–Kier alpha value is -2.89. The van der Waals surface area contributed by atoms with Gasteiger partial charge in [0, 0.05) is 6.07 Å². The highest BCUT2D eigenvalue weighted by molar-refractivity contribution is 6.04. The molecule has 0 aliphatic carbocycles. The fourth-order valence-corrected chi connectivity index (χ4v) is 2.36. The van der Waals surface area contributed by atoms with Crippen LogP contribution >= 0.6 is 0 Å². The number of guanidine groups is 1. The molecule has 118 valence electrons. The zero-order valence-corrected chi connectivity index (χ0v) is 12.7. The summed E-state index contributed by atoms with van der Waals surface area (Å²) in [6.07, 6.45) is 0. The molecule has 0 saturated heterocycles. The Balaban J connectivity index is 1.75. The van der Waals surface area contributed by atoms with E-state index in [0.29, 0.717) is 12.5 Å². The Bertz CT molecular complexity index is 744. The van der Waals surface area contributed by atoms with Crippen molar-refractivity contribution in [1.29, 1.82) is 0 Å². The summed E-state index contributed by atoms with van der Waals surface area (Å²) in [4.78, 5) is 16.7. The molecule has 2 aromatic carbocycles. The van der Waals surface area contributed by atoms with E-state index >= 15 is 0 Å². The zero-order valence-electron chi connectivity index (χ0n) is 12.7. The van der Waals surface area contributed by atoms with Gasteiger partial charge in [0.15, 0.2) is 6.54 Å². The highest BCUT2D eigenvalue weighted by Gasteiger charge is 2.32. The standard InChI is InChI=1S/C17H16FN3O2/c1-23-15-4-2-3-14(9-15)20-17-19-10-16(22)21(17)11-12-5-7-13(18)8-6-12/h2-9H,10-11H2,1H3,(H,19,20)/p+1. The van der Waals surface area contributed by atoms with Crippen molar-refractivity contribution in [2.24, 2.45) is 0 Å². The van der Waals surface area contributed by atoms with Gasteiger partial charge in [-0.3, -0.25) is 9.79 Å². The lowest BCUT2D eigenvalue weighted by atomic mass is 10.2. The molecule has 0 bridgehead atoms. The van der Waals surface area contributed by atoms with Gasteiger partial charge in [0.2, 0.25) is 0 Å². The van der Waals surface area contributed by atoms with Crippen molar-refractivity contribution in [2.75, 3.05) is 19.0 Å². The zero-order chi connectivity index (χ0) is 16.2. The fourth-order valence-electron chi connectivity index (χ4n) is 2.36. The summed E-state index contributed by atoms with van der Waals surface area (Å²) in [6.45, 7) is 0.603. The molecule has 0 spiro atoms. The van der Waals surface area contributed by atoms with Gasteiger partial charge in [-0.1, -0.05) is 18.2 Å². The molecular weight excluding hydrogens is 297 g/mol. The van der Waals surface area contributed by atoms with Crippen LogP contribution in [0.4, 0.5) is 10.1 Å². The summed E-state index contributed by atoms with van der Waals surface area (Å²) >= 11 is 0. The van der Waals surface area contributed by atoms with Crippen molar-refractivity contribution in [3.63, 3.8) is 0 Å². The molecule has 1 heterocycles. The second-order valence-corrected chi connectivity index (χ2v) is 5.17. The molecule has 0 radical (unpaired) electrons. The molecule has 2 aromatic rings. The van der Waals surface area contributed by atoms with Gasteiger partial charge in [-0.05, 0) is 29.8 Å². The van der Waals surface area contributed by atoms with E-state index in [1.54, 1.807) is 24.1 Å². The Morgan fingerprint density at radius 2 is 2.04 bits per heavy atom. The Morgan fingerprint density at radius 1 is 1.26 bits per heavy atom. The van der Waals surface area contributed by atoms with Gasteiger partial charge in [0.05, 0.1) is 7.11 Å². The molecule has 0 aromatic heterocycles. The molecule has 5 nitrogen and oxygen atoms in total. The molecule has 0 saturated carbocycles. The van der Waals surface area contributed by atoms with Crippen molar-refractivity contribution in [3.8, 4) is 5.75 Å². The molecular formula is C17H17FN3O2+. The Kier molecular flexibility index (Phi) is 4.23. The maximum Gasteiger partial charge on any atom is 0.358 e. The minimum absolute atomic E-state index is 0.0419. The van der Waals surface area contributed by atoms with Gasteiger partial charge in [-0.25, -0.2) is 9.71 Å². The van der Waals surface area contributed by atoms with Crippen molar-refractivity contribution >= 4 is 17.6 Å². The van der Waals surface area contributed by atoms with Crippen LogP contribution in [-0.4, -0.2) is 30.4 Å². The smallest absolute Gasteiger partial charge is 0.358 e. The van der Waals surface area contributed by atoms with Crippen molar-refractivity contribution < 1.29 is 18.9 Å². The van der Waals surface area contributed by atoms with Crippen molar-refractivity contribution in [3.05, 3.63) is 59.9 Å². The van der Waals surface area contributed by atoms with Crippen LogP contribution in [0.5, 0.6) is 5.75 Å². The number of methoxy groups -OCH3 is 1. The van der Waals surface area contributed by atoms with Gasteiger partial charge in [-0.2, -0.15) is 4.90 Å². The van der Waals surface area contributed by atoms with Crippen LogP contribution in [0.25, 0.3) is 0 Å². The summed E-state index contributed by atoms with van der Waals surface area (Å²) in [7, 11) is 1.60. The van der Waals surface area contributed by atoms with Crippen LogP contribution < -0.4 is 15.0 Å². The largest absolute Gasteiger partial charge is 0.497 e. The second kappa shape index (κ2) is 6.48. The third-order valence-corrected chi connectivity index (χ3v) is 3.56. The highest BCUT2D eigenvalue weighted by Crippen LogP contribution is 2.17. The molecule has 0 unspecified atom stereocenters. The Labute approximate surface area is 133 Å². The number of nitrogens with zero attached hydrogens (tertiary/aromatic N) is 1. The number of nitrogens with one attached hydrogen (secondary N) is 2. The fraction of sp³-hybridized carbons (Fsp3) is 0.176. The predicted octanol–water partition coefficient (Wildman–Crippen LogP) is 0.725. The number of rotatable bonds is 4. The molecule has 1 aliphatic rings. The average molecular weight is 314 g/mol. The van der Waals surface area contributed by atoms with E-state index in [2.05, 4.69) is 10.3 Å².